The zero-order valence-corrected chi connectivity index (χ0v) is 9.81. The van der Waals surface area contributed by atoms with E-state index in [0.29, 0.717) is 11.3 Å². The number of hydrogen-bond acceptors (Lipinski definition) is 3. The summed E-state index contributed by atoms with van der Waals surface area (Å²) < 4.78 is 0. The molecule has 3 N–H and O–H groups in total. The lowest BCUT2D eigenvalue weighted by Crippen LogP contribution is -2.20. The lowest BCUT2D eigenvalue weighted by Gasteiger charge is -2.16. The smallest absolute Gasteiger partial charge is 0.139 e. The molecule has 1 unspecified atom stereocenters. The maximum Gasteiger partial charge on any atom is 0.139 e. The predicted octanol–water partition coefficient (Wildman–Crippen LogP) is 2.43. The average Bonchev–Trinajstić information content (AvgIpc) is 2.94. The van der Waals surface area contributed by atoms with E-state index in [1.54, 1.807) is 0 Å². The number of thioether (sulfide) groups is 1. The SMILES string of the molecule is CCC(C)SCC1(CC(N)=NO)CC1. The van der Waals surface area contributed by atoms with E-state index in [2.05, 4.69) is 19.0 Å². The van der Waals surface area contributed by atoms with Gasteiger partial charge in [-0.3, -0.25) is 0 Å². The zero-order chi connectivity index (χ0) is 10.6. The second-order valence-corrected chi connectivity index (χ2v) is 5.72. The Labute approximate surface area is 90.1 Å². The number of hydrogen-bond donors (Lipinski definition) is 2. The van der Waals surface area contributed by atoms with E-state index in [1.165, 1.54) is 19.3 Å². The third-order valence-corrected chi connectivity index (χ3v) is 4.57. The fourth-order valence-corrected chi connectivity index (χ4v) is 2.67. The lowest BCUT2D eigenvalue weighted by molar-refractivity contribution is 0.315. The molecule has 1 rings (SSSR count). The highest BCUT2D eigenvalue weighted by atomic mass is 32.2. The minimum absolute atomic E-state index is 0.352. The van der Waals surface area contributed by atoms with Crippen LogP contribution in [0.4, 0.5) is 0 Å². The van der Waals surface area contributed by atoms with Crippen molar-refractivity contribution in [3.05, 3.63) is 0 Å². The molecule has 82 valence electrons. The van der Waals surface area contributed by atoms with Crippen LogP contribution in [-0.4, -0.2) is 22.0 Å². The molecule has 0 aromatic carbocycles. The first-order valence-electron chi connectivity index (χ1n) is 5.20. The highest BCUT2D eigenvalue weighted by Gasteiger charge is 2.43. The van der Waals surface area contributed by atoms with Crippen LogP contribution in [0.25, 0.3) is 0 Å². The van der Waals surface area contributed by atoms with Crippen LogP contribution in [0, 0.1) is 5.41 Å². The van der Waals surface area contributed by atoms with E-state index in [9.17, 15) is 0 Å². The minimum Gasteiger partial charge on any atom is -0.409 e. The van der Waals surface area contributed by atoms with Gasteiger partial charge in [0.2, 0.25) is 0 Å². The van der Waals surface area contributed by atoms with Crippen molar-refractivity contribution in [2.24, 2.45) is 16.3 Å². The molecule has 0 heterocycles. The highest BCUT2D eigenvalue weighted by Crippen LogP contribution is 2.51. The van der Waals surface area contributed by atoms with Gasteiger partial charge in [0.1, 0.15) is 5.84 Å². The molecular formula is C10H20N2OS. The van der Waals surface area contributed by atoms with Crippen LogP contribution in [0.2, 0.25) is 0 Å². The molecule has 1 saturated carbocycles. The van der Waals surface area contributed by atoms with E-state index in [1.807, 2.05) is 11.8 Å². The van der Waals surface area contributed by atoms with Gasteiger partial charge in [-0.25, -0.2) is 0 Å². The molecule has 0 radical (unpaired) electrons. The van der Waals surface area contributed by atoms with Crippen LogP contribution in [0.1, 0.15) is 39.5 Å². The Bertz CT molecular complexity index is 214. The van der Waals surface area contributed by atoms with Crippen molar-refractivity contribution in [2.75, 3.05) is 5.75 Å². The number of rotatable bonds is 6. The summed E-state index contributed by atoms with van der Waals surface area (Å²) in [7, 11) is 0. The summed E-state index contributed by atoms with van der Waals surface area (Å²) in [6.07, 6.45) is 4.43. The third kappa shape index (κ3) is 3.40. The average molecular weight is 216 g/mol. The van der Waals surface area contributed by atoms with Crippen LogP contribution in [0.3, 0.4) is 0 Å². The number of amidine groups is 1. The second kappa shape index (κ2) is 4.91. The Morgan fingerprint density at radius 2 is 2.29 bits per heavy atom. The van der Waals surface area contributed by atoms with Gasteiger partial charge in [-0.15, -0.1) is 0 Å². The van der Waals surface area contributed by atoms with Crippen molar-refractivity contribution in [3.63, 3.8) is 0 Å². The van der Waals surface area contributed by atoms with Gasteiger partial charge >= 0.3 is 0 Å². The fraction of sp³-hybridized carbons (Fsp3) is 0.900. The number of oxime groups is 1. The van der Waals surface area contributed by atoms with Crippen molar-refractivity contribution >= 4 is 17.6 Å². The zero-order valence-electron chi connectivity index (χ0n) is 8.99. The molecule has 1 aliphatic rings. The Kier molecular flexibility index (Phi) is 4.11. The molecule has 0 spiro atoms. The lowest BCUT2D eigenvalue weighted by atomic mass is 10.1. The van der Waals surface area contributed by atoms with Crippen LogP contribution >= 0.6 is 11.8 Å². The first kappa shape index (κ1) is 11.7. The summed E-state index contributed by atoms with van der Waals surface area (Å²) in [5, 5.41) is 12.3. The van der Waals surface area contributed by atoms with Crippen LogP contribution in [-0.2, 0) is 0 Å². The van der Waals surface area contributed by atoms with Gasteiger partial charge in [-0.1, -0.05) is 19.0 Å². The molecule has 0 aromatic heterocycles. The van der Waals surface area contributed by atoms with Crippen molar-refractivity contribution in [3.8, 4) is 0 Å². The van der Waals surface area contributed by atoms with Crippen LogP contribution in [0.5, 0.6) is 0 Å². The Balaban J connectivity index is 2.29. The quantitative estimate of drug-likeness (QED) is 0.310. The van der Waals surface area contributed by atoms with Gasteiger partial charge in [0, 0.05) is 11.7 Å². The minimum atomic E-state index is 0.352. The van der Waals surface area contributed by atoms with Crippen molar-refractivity contribution in [2.45, 2.75) is 44.8 Å². The summed E-state index contributed by atoms with van der Waals surface area (Å²) in [5.74, 6) is 1.53. The molecule has 0 aliphatic heterocycles. The van der Waals surface area contributed by atoms with Crippen molar-refractivity contribution < 1.29 is 5.21 Å². The Morgan fingerprint density at radius 1 is 1.64 bits per heavy atom. The van der Waals surface area contributed by atoms with Crippen molar-refractivity contribution in [1.82, 2.24) is 0 Å². The van der Waals surface area contributed by atoms with E-state index in [0.717, 1.165) is 17.4 Å². The van der Waals surface area contributed by atoms with E-state index in [-0.39, 0.29) is 0 Å². The summed E-state index contributed by atoms with van der Waals surface area (Å²) in [6.45, 7) is 4.46. The number of nitrogens with zero attached hydrogens (tertiary/aromatic N) is 1. The molecule has 1 aliphatic carbocycles. The van der Waals surface area contributed by atoms with E-state index in [4.69, 9.17) is 10.9 Å². The molecule has 14 heavy (non-hydrogen) atoms. The van der Waals surface area contributed by atoms with Gasteiger partial charge in [0.25, 0.3) is 0 Å². The maximum absolute atomic E-state index is 8.51. The molecule has 0 aromatic rings. The van der Waals surface area contributed by atoms with Crippen LogP contribution < -0.4 is 5.73 Å². The third-order valence-electron chi connectivity index (χ3n) is 2.89. The second-order valence-electron chi connectivity index (χ2n) is 4.30. The van der Waals surface area contributed by atoms with Crippen LogP contribution in [0.15, 0.2) is 5.16 Å². The van der Waals surface area contributed by atoms with Gasteiger partial charge < -0.3 is 10.9 Å². The standard InChI is InChI=1S/C10H20N2OS/c1-3-8(2)14-7-10(4-5-10)6-9(11)12-13/h8,13H,3-7H2,1-2H3,(H2,11,12). The summed E-state index contributed by atoms with van der Waals surface area (Å²) in [4.78, 5) is 0. The largest absolute Gasteiger partial charge is 0.409 e. The highest BCUT2D eigenvalue weighted by molar-refractivity contribution is 7.99. The van der Waals surface area contributed by atoms with Gasteiger partial charge in [0.15, 0.2) is 0 Å². The maximum atomic E-state index is 8.51. The summed E-state index contributed by atoms with van der Waals surface area (Å²) in [6, 6.07) is 0. The summed E-state index contributed by atoms with van der Waals surface area (Å²) in [5.41, 5.74) is 5.88. The molecule has 1 fully saturated rings. The molecule has 0 bridgehead atoms. The molecular weight excluding hydrogens is 196 g/mol. The molecule has 0 saturated heterocycles. The molecule has 0 amide bonds. The fourth-order valence-electron chi connectivity index (χ4n) is 1.41. The first-order chi connectivity index (χ1) is 6.62. The normalized spacial score (nSPS) is 22.0. The summed E-state index contributed by atoms with van der Waals surface area (Å²) >= 11 is 2.01. The van der Waals surface area contributed by atoms with E-state index < -0.39 is 0 Å². The Morgan fingerprint density at radius 3 is 2.71 bits per heavy atom. The van der Waals surface area contributed by atoms with E-state index >= 15 is 0 Å². The molecule has 3 nitrogen and oxygen atoms in total. The van der Waals surface area contributed by atoms with Gasteiger partial charge in [-0.05, 0) is 30.4 Å². The molecule has 4 heteroatoms. The monoisotopic (exact) mass is 216 g/mol. The topological polar surface area (TPSA) is 58.6 Å². The van der Waals surface area contributed by atoms with Gasteiger partial charge in [0.05, 0.1) is 0 Å². The predicted molar refractivity (Wildman–Crippen MR) is 61.9 cm³/mol. The van der Waals surface area contributed by atoms with Crippen molar-refractivity contribution in [1.29, 1.82) is 0 Å². The van der Waals surface area contributed by atoms with Gasteiger partial charge in [-0.2, -0.15) is 11.8 Å². The number of nitrogens with two attached hydrogens (primary N) is 1. The first-order valence-corrected chi connectivity index (χ1v) is 6.25. The Hall–Kier alpha value is -0.380. The molecule has 1 atom stereocenters.